The van der Waals surface area contributed by atoms with Crippen molar-refractivity contribution in [3.05, 3.63) is 64.0 Å². The fourth-order valence-electron chi connectivity index (χ4n) is 2.19. The highest BCUT2D eigenvalue weighted by Crippen LogP contribution is 2.29. The Morgan fingerprint density at radius 3 is 2.32 bits per heavy atom. The standard InChI is InChI=1S/C15H13FN2O6S/c1-10-8-12(18(21)22)4-7-14(10)17(9-15(19)20)25(23,24)13-5-2-11(16)3-6-13/h2-8H,9H2,1H3,(H,19,20). The first-order valence-electron chi connectivity index (χ1n) is 6.88. The van der Waals surface area contributed by atoms with Gasteiger partial charge >= 0.3 is 5.97 Å². The molecule has 132 valence electrons. The molecule has 8 nitrogen and oxygen atoms in total. The van der Waals surface area contributed by atoms with Gasteiger partial charge in [0.1, 0.15) is 12.4 Å². The maximum atomic E-state index is 13.0. The van der Waals surface area contributed by atoms with E-state index in [4.69, 9.17) is 5.11 Å². The van der Waals surface area contributed by atoms with Gasteiger partial charge in [-0.15, -0.1) is 0 Å². The van der Waals surface area contributed by atoms with Crippen LogP contribution in [0.4, 0.5) is 15.8 Å². The summed E-state index contributed by atoms with van der Waals surface area (Å²) in [6, 6.07) is 7.29. The molecule has 2 aromatic carbocycles. The summed E-state index contributed by atoms with van der Waals surface area (Å²) in [6.07, 6.45) is 0. The number of carboxylic acid groups (broad SMARTS) is 1. The number of benzene rings is 2. The van der Waals surface area contributed by atoms with E-state index in [0.29, 0.717) is 4.31 Å². The third-order valence-electron chi connectivity index (χ3n) is 3.34. The van der Waals surface area contributed by atoms with Crippen LogP contribution in [0.2, 0.25) is 0 Å². The number of anilines is 1. The van der Waals surface area contributed by atoms with E-state index < -0.39 is 33.3 Å². The van der Waals surface area contributed by atoms with Crippen molar-refractivity contribution in [2.75, 3.05) is 10.8 Å². The molecule has 0 aromatic heterocycles. The first-order valence-corrected chi connectivity index (χ1v) is 8.32. The number of nitro groups is 1. The Morgan fingerprint density at radius 2 is 1.84 bits per heavy atom. The fraction of sp³-hybridized carbons (Fsp3) is 0.133. The first kappa shape index (κ1) is 18.3. The molecular formula is C15H13FN2O6S. The number of rotatable bonds is 6. The van der Waals surface area contributed by atoms with E-state index in [-0.39, 0.29) is 21.8 Å². The maximum absolute atomic E-state index is 13.0. The van der Waals surface area contributed by atoms with Crippen molar-refractivity contribution >= 4 is 27.4 Å². The summed E-state index contributed by atoms with van der Waals surface area (Å²) in [5.74, 6) is -2.06. The minimum Gasteiger partial charge on any atom is -0.480 e. The van der Waals surface area contributed by atoms with Gasteiger partial charge in [0.05, 0.1) is 15.5 Å². The average molecular weight is 368 g/mol. The van der Waals surface area contributed by atoms with Crippen molar-refractivity contribution in [1.29, 1.82) is 0 Å². The van der Waals surface area contributed by atoms with E-state index in [1.54, 1.807) is 0 Å². The van der Waals surface area contributed by atoms with Gasteiger partial charge in [-0.1, -0.05) is 0 Å². The summed E-state index contributed by atoms with van der Waals surface area (Å²) in [7, 11) is -4.31. The van der Waals surface area contributed by atoms with Gasteiger partial charge in [-0.2, -0.15) is 0 Å². The third kappa shape index (κ3) is 3.91. The van der Waals surface area contributed by atoms with Gasteiger partial charge in [0.25, 0.3) is 15.7 Å². The molecule has 25 heavy (non-hydrogen) atoms. The Morgan fingerprint density at radius 1 is 1.24 bits per heavy atom. The van der Waals surface area contributed by atoms with Crippen LogP contribution in [0.3, 0.4) is 0 Å². The SMILES string of the molecule is Cc1cc([N+](=O)[O-])ccc1N(CC(=O)O)S(=O)(=O)c1ccc(F)cc1. The van der Waals surface area contributed by atoms with Gasteiger partial charge in [0.2, 0.25) is 0 Å². The third-order valence-corrected chi connectivity index (χ3v) is 5.11. The lowest BCUT2D eigenvalue weighted by Gasteiger charge is -2.24. The number of nitrogens with zero attached hydrogens (tertiary/aromatic N) is 2. The van der Waals surface area contributed by atoms with E-state index in [0.717, 1.165) is 42.5 Å². The van der Waals surface area contributed by atoms with Crippen molar-refractivity contribution in [3.63, 3.8) is 0 Å². The number of nitro benzene ring substituents is 1. The van der Waals surface area contributed by atoms with E-state index >= 15 is 0 Å². The molecule has 0 unspecified atom stereocenters. The predicted octanol–water partition coefficient (Wildman–Crippen LogP) is 2.32. The lowest BCUT2D eigenvalue weighted by molar-refractivity contribution is -0.384. The molecule has 0 aliphatic rings. The van der Waals surface area contributed by atoms with E-state index in [1.807, 2.05) is 0 Å². The van der Waals surface area contributed by atoms with Crippen LogP contribution in [-0.2, 0) is 14.8 Å². The monoisotopic (exact) mass is 368 g/mol. The van der Waals surface area contributed by atoms with E-state index in [9.17, 15) is 27.7 Å². The molecule has 0 saturated carbocycles. The van der Waals surface area contributed by atoms with Crippen LogP contribution in [0, 0.1) is 22.9 Å². The zero-order chi connectivity index (χ0) is 18.8. The molecule has 0 bridgehead atoms. The highest BCUT2D eigenvalue weighted by atomic mass is 32.2. The smallest absolute Gasteiger partial charge is 0.324 e. The van der Waals surface area contributed by atoms with Gasteiger partial charge < -0.3 is 5.11 Å². The van der Waals surface area contributed by atoms with Crippen molar-refractivity contribution in [1.82, 2.24) is 0 Å². The van der Waals surface area contributed by atoms with Crippen LogP contribution in [-0.4, -0.2) is 31.0 Å². The Kier molecular flexibility index (Phi) is 5.02. The number of non-ortho nitro benzene ring substituents is 1. The Hall–Kier alpha value is -3.01. The molecule has 0 aliphatic carbocycles. The van der Waals surface area contributed by atoms with Gasteiger partial charge in [0.15, 0.2) is 0 Å². The van der Waals surface area contributed by atoms with Crippen molar-refractivity contribution in [3.8, 4) is 0 Å². The minimum absolute atomic E-state index is 0.0164. The molecule has 0 aliphatic heterocycles. The molecule has 0 amide bonds. The van der Waals surface area contributed by atoms with Gasteiger partial charge in [0, 0.05) is 12.1 Å². The summed E-state index contributed by atoms with van der Waals surface area (Å²) in [5, 5.41) is 19.9. The molecule has 0 radical (unpaired) electrons. The number of carbonyl (C=O) groups is 1. The Balaban J connectivity index is 2.58. The predicted molar refractivity (Wildman–Crippen MR) is 86.4 cm³/mol. The van der Waals surface area contributed by atoms with Crippen LogP contribution in [0.1, 0.15) is 5.56 Å². The number of sulfonamides is 1. The first-order chi connectivity index (χ1) is 11.6. The molecule has 0 atom stereocenters. The molecule has 0 heterocycles. The van der Waals surface area contributed by atoms with E-state index in [1.165, 1.54) is 6.92 Å². The molecule has 0 spiro atoms. The summed E-state index contributed by atoms with van der Waals surface area (Å²) >= 11 is 0. The molecule has 2 aromatic rings. The normalized spacial score (nSPS) is 11.1. The largest absolute Gasteiger partial charge is 0.480 e. The van der Waals surface area contributed by atoms with Crippen LogP contribution in [0.25, 0.3) is 0 Å². The average Bonchev–Trinajstić information content (AvgIpc) is 2.53. The summed E-state index contributed by atoms with van der Waals surface area (Å²) < 4.78 is 39.2. The van der Waals surface area contributed by atoms with Gasteiger partial charge in [-0.25, -0.2) is 12.8 Å². The highest BCUT2D eigenvalue weighted by molar-refractivity contribution is 7.92. The molecule has 0 saturated heterocycles. The zero-order valence-corrected chi connectivity index (χ0v) is 13.7. The lowest BCUT2D eigenvalue weighted by Crippen LogP contribution is -2.36. The number of aryl methyl sites for hydroxylation is 1. The van der Waals surface area contributed by atoms with Crippen LogP contribution < -0.4 is 4.31 Å². The van der Waals surface area contributed by atoms with Gasteiger partial charge in [-0.05, 0) is 42.8 Å². The van der Waals surface area contributed by atoms with Crippen molar-refractivity contribution in [2.45, 2.75) is 11.8 Å². The fourth-order valence-corrected chi connectivity index (χ4v) is 3.67. The number of hydrogen-bond donors (Lipinski definition) is 1. The summed E-state index contributed by atoms with van der Waals surface area (Å²) in [6.45, 7) is 0.537. The minimum atomic E-state index is -4.31. The molecule has 10 heteroatoms. The van der Waals surface area contributed by atoms with Gasteiger partial charge in [-0.3, -0.25) is 19.2 Å². The zero-order valence-electron chi connectivity index (χ0n) is 12.9. The second-order valence-corrected chi connectivity index (χ2v) is 6.95. The molecule has 1 N–H and O–H groups in total. The van der Waals surface area contributed by atoms with Crippen LogP contribution in [0.15, 0.2) is 47.4 Å². The summed E-state index contributed by atoms with van der Waals surface area (Å²) in [5.41, 5.74) is -0.0610. The van der Waals surface area contributed by atoms with Crippen LogP contribution >= 0.6 is 0 Å². The molecule has 0 fully saturated rings. The molecule has 2 rings (SSSR count). The van der Waals surface area contributed by atoms with E-state index in [2.05, 4.69) is 0 Å². The Bertz CT molecular complexity index is 928. The second kappa shape index (κ2) is 6.85. The highest BCUT2D eigenvalue weighted by Gasteiger charge is 2.28. The summed E-state index contributed by atoms with van der Waals surface area (Å²) in [4.78, 5) is 21.0. The quantitative estimate of drug-likeness (QED) is 0.617. The number of carboxylic acids is 1. The topological polar surface area (TPSA) is 118 Å². The lowest BCUT2D eigenvalue weighted by atomic mass is 10.2. The second-order valence-electron chi connectivity index (χ2n) is 5.09. The number of halogens is 1. The van der Waals surface area contributed by atoms with Crippen LogP contribution in [0.5, 0.6) is 0 Å². The van der Waals surface area contributed by atoms with Crippen molar-refractivity contribution in [2.24, 2.45) is 0 Å². The van der Waals surface area contributed by atoms with Crippen molar-refractivity contribution < 1.29 is 27.6 Å². The number of hydrogen-bond acceptors (Lipinski definition) is 5. The number of aliphatic carboxylic acids is 1. The maximum Gasteiger partial charge on any atom is 0.324 e. The Labute approximate surface area is 142 Å². The molecular weight excluding hydrogens is 355 g/mol.